The molecule has 0 radical (unpaired) electrons. The SMILES string of the molecule is Cc1ccc(C2NCC2(C)C)cc1Br. The molecule has 1 fully saturated rings. The van der Waals surface area contributed by atoms with E-state index in [1.165, 1.54) is 15.6 Å². The quantitative estimate of drug-likeness (QED) is 0.809. The zero-order valence-electron chi connectivity index (χ0n) is 8.89. The van der Waals surface area contributed by atoms with Crippen LogP contribution in [0.3, 0.4) is 0 Å². The van der Waals surface area contributed by atoms with E-state index in [2.05, 4.69) is 60.2 Å². The van der Waals surface area contributed by atoms with Gasteiger partial charge in [0.2, 0.25) is 0 Å². The van der Waals surface area contributed by atoms with E-state index in [9.17, 15) is 0 Å². The molecule has 1 aromatic carbocycles. The molecule has 0 amide bonds. The third kappa shape index (κ3) is 1.61. The molecular weight excluding hydrogens is 238 g/mol. The Kier molecular flexibility index (Phi) is 2.44. The predicted molar refractivity (Wildman–Crippen MR) is 63.4 cm³/mol. The second-order valence-corrected chi connectivity index (χ2v) is 5.67. The first-order valence-electron chi connectivity index (χ1n) is 5.00. The highest BCUT2D eigenvalue weighted by Crippen LogP contribution is 2.40. The number of hydrogen-bond acceptors (Lipinski definition) is 1. The zero-order valence-corrected chi connectivity index (χ0v) is 10.5. The van der Waals surface area contributed by atoms with Gasteiger partial charge in [0.1, 0.15) is 0 Å². The largest absolute Gasteiger partial charge is 0.309 e. The van der Waals surface area contributed by atoms with Crippen LogP contribution in [0.4, 0.5) is 0 Å². The average Bonchev–Trinajstić information content (AvgIpc) is 2.10. The molecule has 0 bridgehead atoms. The molecule has 1 aromatic rings. The fourth-order valence-electron chi connectivity index (χ4n) is 1.97. The summed E-state index contributed by atoms with van der Waals surface area (Å²) in [6.45, 7) is 7.85. The smallest absolute Gasteiger partial charge is 0.0384 e. The van der Waals surface area contributed by atoms with Crippen LogP contribution in [0.2, 0.25) is 0 Å². The first-order valence-corrected chi connectivity index (χ1v) is 5.79. The van der Waals surface area contributed by atoms with E-state index in [-0.39, 0.29) is 0 Å². The van der Waals surface area contributed by atoms with Crippen LogP contribution in [-0.2, 0) is 0 Å². The van der Waals surface area contributed by atoms with Gasteiger partial charge in [0.25, 0.3) is 0 Å². The number of halogens is 1. The molecule has 76 valence electrons. The summed E-state index contributed by atoms with van der Waals surface area (Å²) in [6, 6.07) is 7.14. The van der Waals surface area contributed by atoms with Crippen LogP contribution in [0.15, 0.2) is 22.7 Å². The van der Waals surface area contributed by atoms with E-state index in [1.807, 2.05) is 0 Å². The molecule has 1 aliphatic heterocycles. The molecule has 0 aromatic heterocycles. The van der Waals surface area contributed by atoms with Crippen LogP contribution in [0.5, 0.6) is 0 Å². The van der Waals surface area contributed by atoms with E-state index >= 15 is 0 Å². The first kappa shape index (κ1) is 10.2. The third-order valence-electron chi connectivity index (χ3n) is 3.07. The van der Waals surface area contributed by atoms with Crippen molar-refractivity contribution in [1.82, 2.24) is 5.32 Å². The summed E-state index contributed by atoms with van der Waals surface area (Å²) in [5.74, 6) is 0. The number of hydrogen-bond donors (Lipinski definition) is 1. The lowest BCUT2D eigenvalue weighted by Crippen LogP contribution is -2.52. The Morgan fingerprint density at radius 1 is 1.43 bits per heavy atom. The van der Waals surface area contributed by atoms with Gasteiger partial charge in [-0.15, -0.1) is 0 Å². The highest BCUT2D eigenvalue weighted by Gasteiger charge is 2.38. The summed E-state index contributed by atoms with van der Waals surface area (Å²) < 4.78 is 1.21. The van der Waals surface area contributed by atoms with Gasteiger partial charge < -0.3 is 5.32 Å². The molecule has 1 heterocycles. The fourth-order valence-corrected chi connectivity index (χ4v) is 2.37. The predicted octanol–water partition coefficient (Wildman–Crippen LogP) is 3.43. The molecule has 1 atom stereocenters. The van der Waals surface area contributed by atoms with Crippen molar-refractivity contribution in [1.29, 1.82) is 0 Å². The Bertz CT molecular complexity index is 357. The summed E-state index contributed by atoms with van der Waals surface area (Å²) in [6.07, 6.45) is 0. The lowest BCUT2D eigenvalue weighted by Gasteiger charge is -2.46. The number of benzene rings is 1. The van der Waals surface area contributed by atoms with Gasteiger partial charge in [0.05, 0.1) is 0 Å². The van der Waals surface area contributed by atoms with Gasteiger partial charge in [0.15, 0.2) is 0 Å². The Balaban J connectivity index is 2.30. The van der Waals surface area contributed by atoms with Crippen molar-refractivity contribution in [3.8, 4) is 0 Å². The van der Waals surface area contributed by atoms with E-state index < -0.39 is 0 Å². The van der Waals surface area contributed by atoms with Gasteiger partial charge in [0, 0.05) is 17.1 Å². The third-order valence-corrected chi connectivity index (χ3v) is 3.93. The molecular formula is C12H16BrN. The van der Waals surface area contributed by atoms with Crippen LogP contribution < -0.4 is 5.32 Å². The van der Waals surface area contributed by atoms with Crippen LogP contribution in [-0.4, -0.2) is 6.54 Å². The maximum Gasteiger partial charge on any atom is 0.0384 e. The number of nitrogens with one attached hydrogen (secondary N) is 1. The van der Waals surface area contributed by atoms with Crippen molar-refractivity contribution < 1.29 is 0 Å². The summed E-state index contributed by atoms with van der Waals surface area (Å²) in [4.78, 5) is 0. The summed E-state index contributed by atoms with van der Waals surface area (Å²) >= 11 is 3.58. The van der Waals surface area contributed by atoms with E-state index in [0.717, 1.165) is 6.54 Å². The minimum Gasteiger partial charge on any atom is -0.309 e. The van der Waals surface area contributed by atoms with E-state index in [0.29, 0.717) is 11.5 Å². The van der Waals surface area contributed by atoms with Gasteiger partial charge in [-0.1, -0.05) is 41.9 Å². The van der Waals surface area contributed by atoms with Gasteiger partial charge in [-0.25, -0.2) is 0 Å². The minimum absolute atomic E-state index is 0.398. The summed E-state index contributed by atoms with van der Waals surface area (Å²) in [5, 5.41) is 3.48. The van der Waals surface area contributed by atoms with Crippen molar-refractivity contribution >= 4 is 15.9 Å². The van der Waals surface area contributed by atoms with Crippen LogP contribution in [0.1, 0.15) is 31.0 Å². The summed E-state index contributed by atoms with van der Waals surface area (Å²) in [7, 11) is 0. The van der Waals surface area contributed by atoms with Gasteiger partial charge in [-0.2, -0.15) is 0 Å². The molecule has 2 rings (SSSR count). The van der Waals surface area contributed by atoms with Crippen molar-refractivity contribution in [2.24, 2.45) is 5.41 Å². The molecule has 1 aliphatic rings. The van der Waals surface area contributed by atoms with Crippen molar-refractivity contribution in [3.63, 3.8) is 0 Å². The zero-order chi connectivity index (χ0) is 10.3. The second-order valence-electron chi connectivity index (χ2n) is 4.81. The van der Waals surface area contributed by atoms with Gasteiger partial charge in [-0.05, 0) is 29.5 Å². The topological polar surface area (TPSA) is 12.0 Å². The van der Waals surface area contributed by atoms with Crippen LogP contribution >= 0.6 is 15.9 Å². The molecule has 0 saturated carbocycles. The first-order chi connectivity index (χ1) is 6.50. The van der Waals surface area contributed by atoms with E-state index in [1.54, 1.807) is 0 Å². The van der Waals surface area contributed by atoms with Crippen LogP contribution in [0, 0.1) is 12.3 Å². The molecule has 0 aliphatic carbocycles. The maximum absolute atomic E-state index is 3.58. The van der Waals surface area contributed by atoms with E-state index in [4.69, 9.17) is 0 Å². The molecule has 1 saturated heterocycles. The Hall–Kier alpha value is -0.340. The highest BCUT2D eigenvalue weighted by molar-refractivity contribution is 9.10. The minimum atomic E-state index is 0.398. The van der Waals surface area contributed by atoms with Crippen molar-refractivity contribution in [3.05, 3.63) is 33.8 Å². The van der Waals surface area contributed by atoms with Crippen LogP contribution in [0.25, 0.3) is 0 Å². The molecule has 1 nitrogen and oxygen atoms in total. The Labute approximate surface area is 94.0 Å². The normalized spacial score (nSPS) is 24.4. The maximum atomic E-state index is 3.58. The molecule has 1 unspecified atom stereocenters. The molecule has 14 heavy (non-hydrogen) atoms. The standard InChI is InChI=1S/C12H16BrN/c1-8-4-5-9(6-10(8)13)11-12(2,3)7-14-11/h4-6,11,14H,7H2,1-3H3. The highest BCUT2D eigenvalue weighted by atomic mass is 79.9. The Morgan fingerprint density at radius 2 is 2.14 bits per heavy atom. The molecule has 2 heteroatoms. The van der Waals surface area contributed by atoms with Crippen molar-refractivity contribution in [2.75, 3.05) is 6.54 Å². The van der Waals surface area contributed by atoms with Gasteiger partial charge >= 0.3 is 0 Å². The lowest BCUT2D eigenvalue weighted by atomic mass is 9.74. The number of rotatable bonds is 1. The van der Waals surface area contributed by atoms with Gasteiger partial charge in [-0.3, -0.25) is 0 Å². The fraction of sp³-hybridized carbons (Fsp3) is 0.500. The number of aryl methyl sites for hydroxylation is 1. The summed E-state index contributed by atoms with van der Waals surface area (Å²) in [5.41, 5.74) is 3.08. The second kappa shape index (κ2) is 3.35. The molecule has 0 spiro atoms. The van der Waals surface area contributed by atoms with Crippen molar-refractivity contribution in [2.45, 2.75) is 26.8 Å². The Morgan fingerprint density at radius 3 is 2.57 bits per heavy atom. The average molecular weight is 254 g/mol. The molecule has 1 N–H and O–H groups in total. The lowest BCUT2D eigenvalue weighted by molar-refractivity contribution is 0.128. The monoisotopic (exact) mass is 253 g/mol.